The third-order valence-electron chi connectivity index (χ3n) is 5.18. The zero-order valence-electron chi connectivity index (χ0n) is 16.5. The maximum atomic E-state index is 12.3. The molecule has 3 heterocycles. The van der Waals surface area contributed by atoms with E-state index in [1.54, 1.807) is 11.8 Å². The van der Waals surface area contributed by atoms with Crippen molar-refractivity contribution in [2.45, 2.75) is 56.6 Å². The quantitative estimate of drug-likeness (QED) is 0.581. The van der Waals surface area contributed by atoms with E-state index in [2.05, 4.69) is 37.6 Å². The number of aromatic nitrogens is 3. The summed E-state index contributed by atoms with van der Waals surface area (Å²) in [6, 6.07) is 3.99. The molecule has 1 aromatic carbocycles. The minimum atomic E-state index is 0.225. The number of carbonyl (C=O) groups excluding carboxylic acids is 1. The Balaban J connectivity index is 1.46. The molecule has 0 unspecified atom stereocenters. The molecule has 7 nitrogen and oxygen atoms in total. The van der Waals surface area contributed by atoms with Crippen molar-refractivity contribution >= 4 is 33.6 Å². The number of likely N-dealkylation sites (tertiary alicyclic amines) is 1. The summed E-state index contributed by atoms with van der Waals surface area (Å²) in [6.45, 7) is 5.35. The van der Waals surface area contributed by atoms with Gasteiger partial charge in [0, 0.05) is 29.7 Å². The second-order valence-electron chi connectivity index (χ2n) is 7.14. The minimum absolute atomic E-state index is 0.225. The minimum Gasteiger partial charge on any atom is -0.486 e. The lowest BCUT2D eigenvalue weighted by molar-refractivity contribution is -0.131. The summed E-state index contributed by atoms with van der Waals surface area (Å²) in [5.41, 5.74) is 1.12. The van der Waals surface area contributed by atoms with Gasteiger partial charge in [-0.25, -0.2) is 0 Å². The van der Waals surface area contributed by atoms with Crippen molar-refractivity contribution < 1.29 is 14.3 Å². The van der Waals surface area contributed by atoms with E-state index in [0.717, 1.165) is 70.6 Å². The summed E-state index contributed by atoms with van der Waals surface area (Å²) in [7, 11) is 0. The number of nitrogens with zero attached hydrogens (tertiary/aromatic N) is 4. The molecule has 0 radical (unpaired) electrons. The summed E-state index contributed by atoms with van der Waals surface area (Å²) in [5.74, 6) is 3.37. The molecule has 29 heavy (non-hydrogen) atoms. The lowest BCUT2D eigenvalue weighted by Crippen LogP contribution is -2.31. The molecule has 1 amide bonds. The van der Waals surface area contributed by atoms with E-state index < -0.39 is 0 Å². The lowest BCUT2D eigenvalue weighted by atomic mass is 10.2. The number of benzene rings is 1. The predicted molar refractivity (Wildman–Crippen MR) is 114 cm³/mol. The second kappa shape index (κ2) is 9.38. The van der Waals surface area contributed by atoms with Gasteiger partial charge in [0.1, 0.15) is 13.2 Å². The molecule has 0 atom stereocenters. The number of carbonyl (C=O) groups is 1. The van der Waals surface area contributed by atoms with Gasteiger partial charge in [-0.15, -0.1) is 10.2 Å². The Morgan fingerprint density at radius 2 is 1.93 bits per heavy atom. The van der Waals surface area contributed by atoms with Gasteiger partial charge in [-0.1, -0.05) is 34.1 Å². The summed E-state index contributed by atoms with van der Waals surface area (Å²) in [4.78, 5) is 14.3. The van der Waals surface area contributed by atoms with Crippen LogP contribution in [0.3, 0.4) is 0 Å². The van der Waals surface area contributed by atoms with Crippen molar-refractivity contribution in [1.82, 2.24) is 19.7 Å². The summed E-state index contributed by atoms with van der Waals surface area (Å²) < 4.78 is 14.4. The summed E-state index contributed by atoms with van der Waals surface area (Å²) >= 11 is 5.27. The van der Waals surface area contributed by atoms with Gasteiger partial charge in [0.15, 0.2) is 22.5 Å². The van der Waals surface area contributed by atoms with E-state index >= 15 is 0 Å². The Morgan fingerprint density at radius 1 is 1.14 bits per heavy atom. The fourth-order valence-electron chi connectivity index (χ4n) is 3.60. The van der Waals surface area contributed by atoms with Crippen molar-refractivity contribution in [1.29, 1.82) is 0 Å². The number of ether oxygens (including phenoxy) is 2. The van der Waals surface area contributed by atoms with Crippen LogP contribution >= 0.6 is 27.7 Å². The maximum absolute atomic E-state index is 12.3. The van der Waals surface area contributed by atoms with Crippen LogP contribution < -0.4 is 9.47 Å². The zero-order chi connectivity index (χ0) is 20.2. The normalized spacial score (nSPS) is 16.8. The largest absolute Gasteiger partial charge is 0.486 e. The van der Waals surface area contributed by atoms with Gasteiger partial charge in [0.05, 0.1) is 6.54 Å². The van der Waals surface area contributed by atoms with Gasteiger partial charge in [-0.05, 0) is 37.5 Å². The van der Waals surface area contributed by atoms with Crippen molar-refractivity contribution in [3.05, 3.63) is 28.0 Å². The number of amides is 1. The molecule has 2 aromatic rings. The van der Waals surface area contributed by atoms with E-state index in [1.165, 1.54) is 0 Å². The van der Waals surface area contributed by atoms with Gasteiger partial charge in [-0.3, -0.25) is 4.79 Å². The van der Waals surface area contributed by atoms with Crippen LogP contribution in [-0.2, 0) is 23.6 Å². The third kappa shape index (κ3) is 4.71. The van der Waals surface area contributed by atoms with Gasteiger partial charge >= 0.3 is 0 Å². The van der Waals surface area contributed by atoms with Gasteiger partial charge in [0.25, 0.3) is 0 Å². The SMILES string of the molecule is CCn1c(CN2CCCCCC2=O)nnc1SCc1cc2c(cc1Br)OCCO2. The van der Waals surface area contributed by atoms with Crippen molar-refractivity contribution in [2.24, 2.45) is 0 Å². The molecule has 0 N–H and O–H groups in total. The van der Waals surface area contributed by atoms with E-state index in [9.17, 15) is 4.79 Å². The lowest BCUT2D eigenvalue weighted by Gasteiger charge is -2.20. The highest BCUT2D eigenvalue weighted by Crippen LogP contribution is 2.37. The van der Waals surface area contributed by atoms with E-state index in [-0.39, 0.29) is 5.91 Å². The molecule has 9 heteroatoms. The zero-order valence-corrected chi connectivity index (χ0v) is 18.9. The Labute approximate surface area is 183 Å². The van der Waals surface area contributed by atoms with E-state index in [4.69, 9.17) is 9.47 Å². The molecule has 0 bridgehead atoms. The third-order valence-corrected chi connectivity index (χ3v) is 6.94. The van der Waals surface area contributed by atoms with Crippen LogP contribution in [0.25, 0.3) is 0 Å². The summed E-state index contributed by atoms with van der Waals surface area (Å²) in [5, 5.41) is 9.66. The van der Waals surface area contributed by atoms with Crippen molar-refractivity contribution in [2.75, 3.05) is 19.8 Å². The van der Waals surface area contributed by atoms with Crippen molar-refractivity contribution in [3.8, 4) is 11.5 Å². The highest BCUT2D eigenvalue weighted by molar-refractivity contribution is 9.10. The first-order valence-electron chi connectivity index (χ1n) is 10.1. The van der Waals surface area contributed by atoms with Gasteiger partial charge in [-0.2, -0.15) is 0 Å². The molecule has 1 fully saturated rings. The fourth-order valence-corrected chi connectivity index (χ4v) is 5.26. The topological polar surface area (TPSA) is 69.5 Å². The molecule has 4 rings (SSSR count). The maximum Gasteiger partial charge on any atom is 0.222 e. The van der Waals surface area contributed by atoms with Crippen LogP contribution in [0.1, 0.15) is 44.0 Å². The number of hydrogen-bond acceptors (Lipinski definition) is 6. The Bertz CT molecular complexity index is 889. The predicted octanol–water partition coefficient (Wildman–Crippen LogP) is 4.03. The highest BCUT2D eigenvalue weighted by atomic mass is 79.9. The molecule has 1 saturated heterocycles. The Hall–Kier alpha value is -1.74. The van der Waals surface area contributed by atoms with E-state index in [0.29, 0.717) is 26.2 Å². The van der Waals surface area contributed by atoms with Gasteiger partial charge in [0.2, 0.25) is 5.91 Å². The first-order valence-corrected chi connectivity index (χ1v) is 11.8. The molecule has 1 aromatic heterocycles. The smallest absolute Gasteiger partial charge is 0.222 e. The molecule has 0 aliphatic carbocycles. The van der Waals surface area contributed by atoms with Crippen LogP contribution in [0.15, 0.2) is 21.8 Å². The molecular formula is C20H25BrN4O3S. The highest BCUT2D eigenvalue weighted by Gasteiger charge is 2.21. The number of thioether (sulfide) groups is 1. The molecular weight excluding hydrogens is 456 g/mol. The van der Waals surface area contributed by atoms with Gasteiger partial charge < -0.3 is 18.9 Å². The fraction of sp³-hybridized carbons (Fsp3) is 0.550. The van der Waals surface area contributed by atoms with Crippen molar-refractivity contribution in [3.63, 3.8) is 0 Å². The molecule has 2 aliphatic heterocycles. The second-order valence-corrected chi connectivity index (χ2v) is 8.94. The number of halogens is 1. The molecule has 0 spiro atoms. The number of rotatable bonds is 6. The van der Waals surface area contributed by atoms with Crippen LogP contribution in [0.5, 0.6) is 11.5 Å². The first kappa shape index (κ1) is 20.5. The summed E-state index contributed by atoms with van der Waals surface area (Å²) in [6.07, 6.45) is 3.81. The average molecular weight is 481 g/mol. The number of fused-ring (bicyclic) bond motifs is 1. The molecule has 2 aliphatic rings. The average Bonchev–Trinajstić information content (AvgIpc) is 3.00. The first-order chi connectivity index (χ1) is 14.2. The standard InChI is InChI=1S/C20H25BrN4O3S/c1-2-25-18(12-24-7-5-3-4-6-19(24)26)22-23-20(25)29-13-14-10-16-17(11-15(14)21)28-9-8-27-16/h10-11H,2-9,12-13H2,1H3. The van der Waals surface area contributed by atoms with Crippen LogP contribution in [0.2, 0.25) is 0 Å². The number of hydrogen-bond donors (Lipinski definition) is 0. The molecule has 156 valence electrons. The Kier molecular flexibility index (Phi) is 6.64. The van der Waals surface area contributed by atoms with Crippen LogP contribution in [0, 0.1) is 0 Å². The Morgan fingerprint density at radius 3 is 2.72 bits per heavy atom. The monoisotopic (exact) mass is 480 g/mol. The van der Waals surface area contributed by atoms with Crippen LogP contribution in [-0.4, -0.2) is 45.3 Å². The molecule has 0 saturated carbocycles. The van der Waals surface area contributed by atoms with E-state index in [1.807, 2.05) is 17.0 Å². The van der Waals surface area contributed by atoms with Crippen LogP contribution in [0.4, 0.5) is 0 Å².